The summed E-state index contributed by atoms with van der Waals surface area (Å²) in [6, 6.07) is 9.54. The molecule has 0 unspecified atom stereocenters. The van der Waals surface area contributed by atoms with Gasteiger partial charge in [-0.2, -0.15) is 0 Å². The maximum Gasteiger partial charge on any atom is 0.143 e. The van der Waals surface area contributed by atoms with Crippen molar-refractivity contribution in [3.05, 3.63) is 52.4 Å². The zero-order valence-corrected chi connectivity index (χ0v) is 10.9. The molecule has 4 nitrogen and oxygen atoms in total. The predicted octanol–water partition coefficient (Wildman–Crippen LogP) is 2.57. The summed E-state index contributed by atoms with van der Waals surface area (Å²) >= 11 is 6.13. The maximum absolute atomic E-state index is 6.13. The van der Waals surface area contributed by atoms with Crippen molar-refractivity contribution in [1.29, 1.82) is 0 Å². The molecule has 2 rings (SSSR count). The Morgan fingerprint density at radius 2 is 2.06 bits per heavy atom. The molecular weight excluding hydrogens is 248 g/mol. The summed E-state index contributed by atoms with van der Waals surface area (Å²) in [4.78, 5) is 8.80. The van der Waals surface area contributed by atoms with Crippen LogP contribution in [0.4, 0.5) is 5.82 Å². The van der Waals surface area contributed by atoms with Crippen molar-refractivity contribution in [3.63, 3.8) is 0 Å². The zero-order chi connectivity index (χ0) is 13.0. The highest BCUT2D eigenvalue weighted by Gasteiger charge is 2.06. The molecule has 1 aromatic carbocycles. The van der Waals surface area contributed by atoms with Gasteiger partial charge in [0.05, 0.1) is 0 Å². The molecule has 0 bridgehead atoms. The summed E-state index contributed by atoms with van der Waals surface area (Å²) in [6.45, 7) is 2.04. The highest BCUT2D eigenvalue weighted by Crippen LogP contribution is 2.18. The molecule has 94 valence electrons. The lowest BCUT2D eigenvalue weighted by Crippen LogP contribution is -2.11. The average Bonchev–Trinajstić information content (AvgIpc) is 2.41. The first kappa shape index (κ1) is 12.8. The third kappa shape index (κ3) is 2.97. The lowest BCUT2D eigenvalue weighted by Gasteiger charge is -2.07. The summed E-state index contributed by atoms with van der Waals surface area (Å²) in [5.41, 5.74) is 4.53. The number of hydrazine groups is 1. The Balaban J connectivity index is 2.31. The van der Waals surface area contributed by atoms with Crippen LogP contribution in [0.5, 0.6) is 0 Å². The monoisotopic (exact) mass is 262 g/mol. The van der Waals surface area contributed by atoms with Gasteiger partial charge in [-0.3, -0.25) is 0 Å². The third-order valence-corrected chi connectivity index (χ3v) is 3.01. The minimum Gasteiger partial charge on any atom is -0.308 e. The number of nitrogens with one attached hydrogen (secondary N) is 1. The zero-order valence-electron chi connectivity index (χ0n) is 10.2. The van der Waals surface area contributed by atoms with E-state index in [1.165, 1.54) is 0 Å². The largest absolute Gasteiger partial charge is 0.308 e. The van der Waals surface area contributed by atoms with Crippen molar-refractivity contribution in [2.24, 2.45) is 5.84 Å². The van der Waals surface area contributed by atoms with Crippen molar-refractivity contribution in [1.82, 2.24) is 9.97 Å². The SMILES string of the molecule is CCc1cc(NN)nc(Cc2ccccc2Cl)n1. The van der Waals surface area contributed by atoms with Gasteiger partial charge in [0.2, 0.25) is 0 Å². The van der Waals surface area contributed by atoms with E-state index in [-0.39, 0.29) is 0 Å². The van der Waals surface area contributed by atoms with Crippen LogP contribution in [0.2, 0.25) is 5.02 Å². The highest BCUT2D eigenvalue weighted by atomic mass is 35.5. The average molecular weight is 263 g/mol. The summed E-state index contributed by atoms with van der Waals surface area (Å²) < 4.78 is 0. The lowest BCUT2D eigenvalue weighted by molar-refractivity contribution is 0.905. The molecule has 0 aliphatic heterocycles. The van der Waals surface area contributed by atoms with Gasteiger partial charge < -0.3 is 5.43 Å². The molecular formula is C13H15ClN4. The smallest absolute Gasteiger partial charge is 0.143 e. The van der Waals surface area contributed by atoms with Crippen LogP contribution in [-0.2, 0) is 12.8 Å². The third-order valence-electron chi connectivity index (χ3n) is 2.64. The second kappa shape index (κ2) is 5.80. The highest BCUT2D eigenvalue weighted by molar-refractivity contribution is 6.31. The van der Waals surface area contributed by atoms with Gasteiger partial charge in [-0.25, -0.2) is 15.8 Å². The first-order valence-electron chi connectivity index (χ1n) is 5.79. The molecule has 0 atom stereocenters. The minimum atomic E-state index is 0.599. The second-order valence-corrected chi connectivity index (χ2v) is 4.33. The molecule has 2 aromatic rings. The predicted molar refractivity (Wildman–Crippen MR) is 73.5 cm³/mol. The first-order valence-corrected chi connectivity index (χ1v) is 6.17. The number of aryl methyl sites for hydroxylation is 1. The molecule has 0 saturated carbocycles. The lowest BCUT2D eigenvalue weighted by atomic mass is 10.1. The number of halogens is 1. The van der Waals surface area contributed by atoms with Crippen molar-refractivity contribution in [2.45, 2.75) is 19.8 Å². The summed E-state index contributed by atoms with van der Waals surface area (Å²) in [7, 11) is 0. The topological polar surface area (TPSA) is 63.8 Å². The molecule has 3 N–H and O–H groups in total. The molecule has 1 heterocycles. The van der Waals surface area contributed by atoms with Crippen LogP contribution in [0, 0.1) is 0 Å². The van der Waals surface area contributed by atoms with Gasteiger partial charge in [0.1, 0.15) is 11.6 Å². The number of aromatic nitrogens is 2. The Morgan fingerprint density at radius 3 is 2.72 bits per heavy atom. The van der Waals surface area contributed by atoms with Crippen molar-refractivity contribution in [2.75, 3.05) is 5.43 Å². The molecule has 1 aromatic heterocycles. The van der Waals surface area contributed by atoms with Gasteiger partial charge in [0, 0.05) is 23.2 Å². The van der Waals surface area contributed by atoms with E-state index in [1.807, 2.05) is 37.3 Å². The maximum atomic E-state index is 6.13. The van der Waals surface area contributed by atoms with Gasteiger partial charge in [-0.1, -0.05) is 36.7 Å². The Bertz CT molecular complexity index is 520. The van der Waals surface area contributed by atoms with Crippen LogP contribution in [0.3, 0.4) is 0 Å². The number of nitrogens with zero attached hydrogens (tertiary/aromatic N) is 2. The normalized spacial score (nSPS) is 10.4. The van der Waals surface area contributed by atoms with E-state index in [4.69, 9.17) is 17.4 Å². The van der Waals surface area contributed by atoms with Crippen LogP contribution < -0.4 is 11.3 Å². The van der Waals surface area contributed by atoms with E-state index in [9.17, 15) is 0 Å². The molecule has 0 amide bonds. The van der Waals surface area contributed by atoms with Gasteiger partial charge in [0.25, 0.3) is 0 Å². The number of hydrogen-bond donors (Lipinski definition) is 2. The van der Waals surface area contributed by atoms with Crippen molar-refractivity contribution in [3.8, 4) is 0 Å². The number of nitrogens with two attached hydrogens (primary N) is 1. The van der Waals surface area contributed by atoms with Crippen LogP contribution >= 0.6 is 11.6 Å². The standard InChI is InChI=1S/C13H15ClN4/c1-2-10-8-13(18-15)17-12(16-10)7-9-5-3-4-6-11(9)14/h3-6,8H,2,7,15H2,1H3,(H,16,17,18). The Kier molecular flexibility index (Phi) is 4.12. The van der Waals surface area contributed by atoms with Crippen molar-refractivity contribution >= 4 is 17.4 Å². The number of anilines is 1. The number of benzene rings is 1. The molecule has 0 radical (unpaired) electrons. The van der Waals surface area contributed by atoms with Crippen LogP contribution in [-0.4, -0.2) is 9.97 Å². The molecule has 0 aliphatic carbocycles. The van der Waals surface area contributed by atoms with Gasteiger partial charge in [0.15, 0.2) is 0 Å². The molecule has 0 saturated heterocycles. The van der Waals surface area contributed by atoms with Gasteiger partial charge in [-0.05, 0) is 18.1 Å². The fourth-order valence-corrected chi connectivity index (χ4v) is 1.90. The fraction of sp³-hybridized carbons (Fsp3) is 0.231. The van der Waals surface area contributed by atoms with E-state index in [0.29, 0.717) is 12.2 Å². The Labute approximate surface area is 111 Å². The quantitative estimate of drug-likeness (QED) is 0.657. The molecule has 0 fully saturated rings. The van der Waals surface area contributed by atoms with E-state index in [1.54, 1.807) is 0 Å². The molecule has 5 heteroatoms. The number of hydrogen-bond acceptors (Lipinski definition) is 4. The number of rotatable bonds is 4. The molecule has 0 spiro atoms. The Morgan fingerprint density at radius 1 is 1.28 bits per heavy atom. The van der Waals surface area contributed by atoms with E-state index in [2.05, 4.69) is 15.4 Å². The van der Waals surface area contributed by atoms with E-state index < -0.39 is 0 Å². The van der Waals surface area contributed by atoms with E-state index >= 15 is 0 Å². The van der Waals surface area contributed by atoms with Gasteiger partial charge in [-0.15, -0.1) is 0 Å². The van der Waals surface area contributed by atoms with E-state index in [0.717, 1.165) is 28.5 Å². The first-order chi connectivity index (χ1) is 8.72. The molecule has 0 aliphatic rings. The molecule has 18 heavy (non-hydrogen) atoms. The van der Waals surface area contributed by atoms with Crippen molar-refractivity contribution < 1.29 is 0 Å². The minimum absolute atomic E-state index is 0.599. The van der Waals surface area contributed by atoms with Crippen LogP contribution in [0.1, 0.15) is 24.0 Å². The summed E-state index contributed by atoms with van der Waals surface area (Å²) in [5, 5.41) is 0.727. The summed E-state index contributed by atoms with van der Waals surface area (Å²) in [5.74, 6) is 6.75. The second-order valence-electron chi connectivity index (χ2n) is 3.93. The van der Waals surface area contributed by atoms with Crippen LogP contribution in [0.25, 0.3) is 0 Å². The number of nitrogen functional groups attached to an aromatic ring is 1. The fourth-order valence-electron chi connectivity index (χ4n) is 1.70. The van der Waals surface area contributed by atoms with Gasteiger partial charge >= 0.3 is 0 Å². The van der Waals surface area contributed by atoms with Crippen LogP contribution in [0.15, 0.2) is 30.3 Å². The summed E-state index contributed by atoms with van der Waals surface area (Å²) in [6.07, 6.45) is 1.44. The Hall–Kier alpha value is -1.65.